The summed E-state index contributed by atoms with van der Waals surface area (Å²) in [4.78, 5) is 23.3. The Kier molecular flexibility index (Phi) is 5.13. The van der Waals surface area contributed by atoms with Gasteiger partial charge in [0.05, 0.1) is 0 Å². The highest BCUT2D eigenvalue weighted by Gasteiger charge is 2.33. The topological polar surface area (TPSA) is 58.1 Å². The molecule has 0 bridgehead atoms. The minimum atomic E-state index is 0.0841. The molecule has 126 valence electrons. The number of fused-ring (bicyclic) bond motifs is 1. The van der Waals surface area contributed by atoms with Gasteiger partial charge in [-0.25, -0.2) is 9.97 Å². The number of piperidine rings is 1. The van der Waals surface area contributed by atoms with Crippen LogP contribution < -0.4 is 5.32 Å². The predicted molar refractivity (Wildman–Crippen MR) is 91.3 cm³/mol. The van der Waals surface area contributed by atoms with E-state index in [0.29, 0.717) is 23.2 Å². The Hall–Kier alpha value is -1.65. The van der Waals surface area contributed by atoms with E-state index in [-0.39, 0.29) is 5.91 Å². The number of carbonyl (C=O) groups is 1. The minimum absolute atomic E-state index is 0.0841. The second kappa shape index (κ2) is 7.28. The Bertz CT molecular complexity index is 546. The Morgan fingerprint density at radius 3 is 2.87 bits per heavy atom. The smallest absolute Gasteiger partial charge is 0.259 e. The van der Waals surface area contributed by atoms with Crippen LogP contribution in [0.3, 0.4) is 0 Å². The molecule has 1 saturated carbocycles. The summed E-state index contributed by atoms with van der Waals surface area (Å²) >= 11 is 0. The zero-order chi connectivity index (χ0) is 16.2. The monoisotopic (exact) mass is 316 g/mol. The summed E-state index contributed by atoms with van der Waals surface area (Å²) in [5, 5.41) is 3.29. The summed E-state index contributed by atoms with van der Waals surface area (Å²) in [6, 6.07) is 0. The van der Waals surface area contributed by atoms with Crippen molar-refractivity contribution < 1.29 is 4.79 Å². The normalized spacial score (nSPS) is 24.4. The van der Waals surface area contributed by atoms with E-state index in [1.54, 1.807) is 6.20 Å². The molecule has 1 N–H and O–H groups in total. The molecule has 2 heterocycles. The molecule has 5 nitrogen and oxygen atoms in total. The highest BCUT2D eigenvalue weighted by Crippen LogP contribution is 2.36. The van der Waals surface area contributed by atoms with E-state index in [1.165, 1.54) is 32.0 Å². The number of aromatic nitrogens is 2. The van der Waals surface area contributed by atoms with Crippen molar-refractivity contribution in [2.24, 2.45) is 17.8 Å². The van der Waals surface area contributed by atoms with Crippen LogP contribution >= 0.6 is 0 Å². The molecule has 0 spiro atoms. The number of rotatable bonds is 4. The van der Waals surface area contributed by atoms with Gasteiger partial charge in [-0.1, -0.05) is 33.1 Å². The van der Waals surface area contributed by atoms with Crippen molar-refractivity contribution in [2.75, 3.05) is 25.0 Å². The molecule has 0 aromatic carbocycles. The molecule has 1 saturated heterocycles. The van der Waals surface area contributed by atoms with Gasteiger partial charge in [0.1, 0.15) is 17.7 Å². The fourth-order valence-electron chi connectivity index (χ4n) is 3.88. The zero-order valence-corrected chi connectivity index (χ0v) is 14.3. The quantitative estimate of drug-likeness (QED) is 0.927. The lowest BCUT2D eigenvalue weighted by Crippen LogP contribution is -2.45. The number of nitrogens with zero attached hydrogens (tertiary/aromatic N) is 3. The average Bonchev–Trinajstić information content (AvgIpc) is 2.59. The van der Waals surface area contributed by atoms with Gasteiger partial charge in [0.15, 0.2) is 0 Å². The maximum absolute atomic E-state index is 12.9. The van der Waals surface area contributed by atoms with Crippen molar-refractivity contribution in [3.05, 3.63) is 18.1 Å². The Morgan fingerprint density at radius 1 is 1.30 bits per heavy atom. The van der Waals surface area contributed by atoms with E-state index in [2.05, 4.69) is 29.1 Å². The van der Waals surface area contributed by atoms with E-state index in [0.717, 1.165) is 32.0 Å². The average molecular weight is 316 g/mol. The van der Waals surface area contributed by atoms with Crippen LogP contribution in [-0.2, 0) is 0 Å². The molecular formula is C18H28N4O. The number of hydrogen-bond donors (Lipinski definition) is 1. The highest BCUT2D eigenvalue weighted by atomic mass is 16.2. The fraction of sp³-hybridized carbons (Fsp3) is 0.722. The molecular weight excluding hydrogens is 288 g/mol. The molecule has 2 atom stereocenters. The van der Waals surface area contributed by atoms with Gasteiger partial charge < -0.3 is 10.2 Å². The van der Waals surface area contributed by atoms with Crippen LogP contribution in [0.2, 0.25) is 0 Å². The van der Waals surface area contributed by atoms with Crippen LogP contribution in [-0.4, -0.2) is 40.4 Å². The highest BCUT2D eigenvalue weighted by molar-refractivity contribution is 5.98. The maximum atomic E-state index is 12.9. The summed E-state index contributed by atoms with van der Waals surface area (Å²) < 4.78 is 0. The first-order valence-corrected chi connectivity index (χ1v) is 8.98. The van der Waals surface area contributed by atoms with Crippen LogP contribution in [0.1, 0.15) is 56.3 Å². The third-order valence-electron chi connectivity index (χ3n) is 5.20. The number of likely N-dealkylation sites (tertiary alicyclic amines) is 1. The molecule has 2 unspecified atom stereocenters. The number of nitrogens with one attached hydrogen (secondary N) is 1. The lowest BCUT2D eigenvalue weighted by atomic mass is 9.75. The molecule has 1 aromatic rings. The Labute approximate surface area is 138 Å². The molecule has 1 amide bonds. The Balaban J connectivity index is 1.70. The van der Waals surface area contributed by atoms with Crippen molar-refractivity contribution in [2.45, 2.75) is 46.0 Å². The second-order valence-electron chi connectivity index (χ2n) is 7.40. The van der Waals surface area contributed by atoms with E-state index >= 15 is 0 Å². The summed E-state index contributed by atoms with van der Waals surface area (Å²) in [7, 11) is 0. The SMILES string of the molecule is CC(C)CNc1ncncc1C(=O)N1CCC2CCCCC2C1. The molecule has 2 fully saturated rings. The summed E-state index contributed by atoms with van der Waals surface area (Å²) in [5.41, 5.74) is 0.613. The number of amides is 1. The molecule has 3 rings (SSSR count). The van der Waals surface area contributed by atoms with Gasteiger partial charge in [0.2, 0.25) is 0 Å². The van der Waals surface area contributed by atoms with Crippen molar-refractivity contribution in [1.29, 1.82) is 0 Å². The first-order chi connectivity index (χ1) is 11.1. The maximum Gasteiger partial charge on any atom is 0.259 e. The van der Waals surface area contributed by atoms with Gasteiger partial charge in [-0.15, -0.1) is 0 Å². The fourth-order valence-corrected chi connectivity index (χ4v) is 3.88. The van der Waals surface area contributed by atoms with Crippen molar-refractivity contribution in [1.82, 2.24) is 14.9 Å². The molecule has 5 heteroatoms. The van der Waals surface area contributed by atoms with E-state index in [1.807, 2.05) is 4.90 Å². The number of carbonyl (C=O) groups excluding carboxylic acids is 1. The lowest BCUT2D eigenvalue weighted by Gasteiger charge is -2.41. The van der Waals surface area contributed by atoms with Gasteiger partial charge in [-0.05, 0) is 30.6 Å². The number of hydrogen-bond acceptors (Lipinski definition) is 4. The second-order valence-corrected chi connectivity index (χ2v) is 7.40. The molecule has 1 aromatic heterocycles. The third kappa shape index (κ3) is 3.82. The Morgan fingerprint density at radius 2 is 2.09 bits per heavy atom. The number of anilines is 1. The molecule has 1 aliphatic heterocycles. The van der Waals surface area contributed by atoms with Gasteiger partial charge in [-0.2, -0.15) is 0 Å². The largest absolute Gasteiger partial charge is 0.369 e. The molecule has 0 radical (unpaired) electrons. The van der Waals surface area contributed by atoms with Crippen LogP contribution in [0.25, 0.3) is 0 Å². The summed E-state index contributed by atoms with van der Waals surface area (Å²) in [6.45, 7) is 6.87. The van der Waals surface area contributed by atoms with E-state index in [4.69, 9.17) is 0 Å². The third-order valence-corrected chi connectivity index (χ3v) is 5.20. The van der Waals surface area contributed by atoms with Gasteiger partial charge in [0, 0.05) is 25.8 Å². The standard InChI is InChI=1S/C18H28N4O/c1-13(2)9-20-17-16(10-19-12-21-17)18(23)22-8-7-14-5-3-4-6-15(14)11-22/h10,12-15H,3-9,11H2,1-2H3,(H,19,20,21). The molecule has 1 aliphatic carbocycles. The van der Waals surface area contributed by atoms with Crippen LogP contribution in [0.4, 0.5) is 5.82 Å². The first-order valence-electron chi connectivity index (χ1n) is 8.98. The van der Waals surface area contributed by atoms with Gasteiger partial charge in [0.25, 0.3) is 5.91 Å². The zero-order valence-electron chi connectivity index (χ0n) is 14.3. The molecule has 23 heavy (non-hydrogen) atoms. The van der Waals surface area contributed by atoms with Crippen molar-refractivity contribution >= 4 is 11.7 Å². The first kappa shape index (κ1) is 16.2. The van der Waals surface area contributed by atoms with Gasteiger partial charge in [-0.3, -0.25) is 4.79 Å². The summed E-state index contributed by atoms with van der Waals surface area (Å²) in [5.74, 6) is 2.78. The van der Waals surface area contributed by atoms with Crippen LogP contribution in [0.15, 0.2) is 12.5 Å². The van der Waals surface area contributed by atoms with Gasteiger partial charge >= 0.3 is 0 Å². The van der Waals surface area contributed by atoms with E-state index < -0.39 is 0 Å². The van der Waals surface area contributed by atoms with E-state index in [9.17, 15) is 4.79 Å². The summed E-state index contributed by atoms with van der Waals surface area (Å²) in [6.07, 6.45) is 9.63. The van der Waals surface area contributed by atoms with Crippen molar-refractivity contribution in [3.63, 3.8) is 0 Å². The predicted octanol–water partition coefficient (Wildman–Crippen LogP) is 3.20. The molecule has 2 aliphatic rings. The van der Waals surface area contributed by atoms with Crippen molar-refractivity contribution in [3.8, 4) is 0 Å². The minimum Gasteiger partial charge on any atom is -0.369 e. The lowest BCUT2D eigenvalue weighted by molar-refractivity contribution is 0.0521. The van der Waals surface area contributed by atoms with Crippen LogP contribution in [0, 0.1) is 17.8 Å². The van der Waals surface area contributed by atoms with Crippen LogP contribution in [0.5, 0.6) is 0 Å².